The Labute approximate surface area is 110 Å². The Morgan fingerprint density at radius 2 is 1.83 bits per heavy atom. The monoisotopic (exact) mass is 247 g/mol. The van der Waals surface area contributed by atoms with Gasteiger partial charge in [-0.2, -0.15) is 5.10 Å². The first-order valence-corrected chi connectivity index (χ1v) is 7.66. The van der Waals surface area contributed by atoms with Crippen molar-refractivity contribution in [1.29, 1.82) is 0 Å². The predicted octanol–water partition coefficient (Wildman–Crippen LogP) is 4.00. The van der Waals surface area contributed by atoms with Crippen LogP contribution in [0.5, 0.6) is 0 Å². The summed E-state index contributed by atoms with van der Waals surface area (Å²) in [5.41, 5.74) is 0. The maximum Gasteiger partial charge on any atom is 0.153 e. The van der Waals surface area contributed by atoms with Crippen molar-refractivity contribution in [1.82, 2.24) is 15.2 Å². The van der Waals surface area contributed by atoms with E-state index in [0.717, 1.165) is 23.5 Å². The molecule has 1 aromatic rings. The molecule has 0 spiro atoms. The smallest absolute Gasteiger partial charge is 0.153 e. The molecule has 1 aromatic heterocycles. The second-order valence-electron chi connectivity index (χ2n) is 6.55. The van der Waals surface area contributed by atoms with Crippen molar-refractivity contribution < 1.29 is 0 Å². The van der Waals surface area contributed by atoms with Crippen LogP contribution >= 0.6 is 0 Å². The summed E-state index contributed by atoms with van der Waals surface area (Å²) < 4.78 is 0. The van der Waals surface area contributed by atoms with Crippen LogP contribution in [0.2, 0.25) is 0 Å². The number of aromatic amines is 1. The Bertz CT molecular complexity index is 396. The summed E-state index contributed by atoms with van der Waals surface area (Å²) in [6, 6.07) is 0. The third-order valence-electron chi connectivity index (χ3n) is 4.96. The van der Waals surface area contributed by atoms with Crippen LogP contribution in [0.1, 0.15) is 82.3 Å². The fourth-order valence-corrected chi connectivity index (χ4v) is 3.85. The summed E-state index contributed by atoms with van der Waals surface area (Å²) in [5, 5.41) is 7.55. The van der Waals surface area contributed by atoms with E-state index >= 15 is 0 Å². The molecule has 0 aromatic carbocycles. The van der Waals surface area contributed by atoms with Crippen LogP contribution in [-0.4, -0.2) is 15.2 Å². The minimum atomic E-state index is 0.431. The van der Waals surface area contributed by atoms with Gasteiger partial charge in [0.2, 0.25) is 0 Å². The number of hydrogen-bond donors (Lipinski definition) is 1. The molecule has 100 valence electrons. The van der Waals surface area contributed by atoms with Crippen LogP contribution in [0, 0.1) is 11.8 Å². The molecule has 18 heavy (non-hydrogen) atoms. The van der Waals surface area contributed by atoms with E-state index in [1.165, 1.54) is 44.9 Å². The maximum absolute atomic E-state index is 4.70. The Morgan fingerprint density at radius 1 is 1.06 bits per heavy atom. The molecule has 2 aliphatic carbocycles. The van der Waals surface area contributed by atoms with Crippen molar-refractivity contribution in [3.63, 3.8) is 0 Å². The van der Waals surface area contributed by atoms with E-state index in [2.05, 4.69) is 24.0 Å². The molecule has 3 heteroatoms. The zero-order valence-corrected chi connectivity index (χ0v) is 11.7. The molecule has 3 unspecified atom stereocenters. The molecule has 2 saturated carbocycles. The van der Waals surface area contributed by atoms with E-state index < -0.39 is 0 Å². The van der Waals surface area contributed by atoms with Gasteiger partial charge in [-0.15, -0.1) is 0 Å². The average Bonchev–Trinajstić information content (AvgIpc) is 2.88. The third-order valence-corrected chi connectivity index (χ3v) is 4.96. The van der Waals surface area contributed by atoms with Gasteiger partial charge in [0.25, 0.3) is 0 Å². The van der Waals surface area contributed by atoms with Gasteiger partial charge >= 0.3 is 0 Å². The first-order chi connectivity index (χ1) is 8.74. The number of hydrogen-bond acceptors (Lipinski definition) is 2. The summed E-state index contributed by atoms with van der Waals surface area (Å²) in [6.07, 6.45) is 9.91. The molecule has 2 fully saturated rings. The van der Waals surface area contributed by atoms with Crippen LogP contribution in [0.4, 0.5) is 0 Å². The lowest BCUT2D eigenvalue weighted by molar-refractivity contribution is 0.153. The number of aromatic nitrogens is 3. The lowest BCUT2D eigenvalue weighted by Crippen LogP contribution is -2.27. The molecule has 0 bridgehead atoms. The van der Waals surface area contributed by atoms with Crippen molar-refractivity contribution in [2.24, 2.45) is 11.8 Å². The largest absolute Gasteiger partial charge is 0.263 e. The Kier molecular flexibility index (Phi) is 3.40. The van der Waals surface area contributed by atoms with Crippen LogP contribution in [-0.2, 0) is 0 Å². The highest BCUT2D eigenvalue weighted by atomic mass is 15.2. The van der Waals surface area contributed by atoms with E-state index in [-0.39, 0.29) is 0 Å². The number of H-pyrrole nitrogens is 1. The molecule has 3 atom stereocenters. The molecule has 0 saturated heterocycles. The quantitative estimate of drug-likeness (QED) is 0.858. The number of nitrogens with zero attached hydrogens (tertiary/aromatic N) is 2. The summed E-state index contributed by atoms with van der Waals surface area (Å²) in [7, 11) is 0. The van der Waals surface area contributed by atoms with Crippen molar-refractivity contribution in [2.75, 3.05) is 0 Å². The molecule has 0 aliphatic heterocycles. The second-order valence-corrected chi connectivity index (χ2v) is 6.55. The van der Waals surface area contributed by atoms with Gasteiger partial charge in [-0.3, -0.25) is 5.10 Å². The van der Waals surface area contributed by atoms with E-state index in [1.54, 1.807) is 0 Å². The molecule has 0 radical (unpaired) electrons. The summed E-state index contributed by atoms with van der Waals surface area (Å²) >= 11 is 0. The van der Waals surface area contributed by atoms with Crippen LogP contribution in [0.15, 0.2) is 0 Å². The highest BCUT2D eigenvalue weighted by Gasteiger charge is 2.33. The van der Waals surface area contributed by atoms with E-state index in [9.17, 15) is 0 Å². The van der Waals surface area contributed by atoms with Gasteiger partial charge in [-0.05, 0) is 31.1 Å². The van der Waals surface area contributed by atoms with Gasteiger partial charge in [0, 0.05) is 11.8 Å². The standard InChI is InChI=1S/C15H25N3/c1-10(2)14-16-15(18-17-14)13-8-7-11-5-3-4-6-12(11)9-13/h10-13H,3-9H2,1-2H3,(H,16,17,18). The molecule has 1 heterocycles. The zero-order valence-electron chi connectivity index (χ0n) is 11.7. The van der Waals surface area contributed by atoms with Gasteiger partial charge in [-0.25, -0.2) is 4.98 Å². The van der Waals surface area contributed by atoms with Crippen molar-refractivity contribution in [3.05, 3.63) is 11.6 Å². The Balaban J connectivity index is 1.69. The lowest BCUT2D eigenvalue weighted by atomic mass is 9.67. The molecule has 0 amide bonds. The molecule has 1 N–H and O–H groups in total. The SMILES string of the molecule is CC(C)c1n[nH]c(C2CCC3CCCCC3C2)n1. The van der Waals surface area contributed by atoms with Crippen LogP contribution < -0.4 is 0 Å². The first kappa shape index (κ1) is 12.2. The number of fused-ring (bicyclic) bond motifs is 1. The van der Waals surface area contributed by atoms with Crippen LogP contribution in [0.25, 0.3) is 0 Å². The van der Waals surface area contributed by atoms with Crippen molar-refractivity contribution >= 4 is 0 Å². The van der Waals surface area contributed by atoms with Gasteiger partial charge in [-0.1, -0.05) is 39.5 Å². The molecule has 3 nitrogen and oxygen atoms in total. The maximum atomic E-state index is 4.70. The number of rotatable bonds is 2. The summed E-state index contributed by atoms with van der Waals surface area (Å²) in [4.78, 5) is 4.70. The molecular weight excluding hydrogens is 222 g/mol. The Hall–Kier alpha value is -0.860. The third kappa shape index (κ3) is 2.32. The van der Waals surface area contributed by atoms with E-state index in [1.807, 2.05) is 0 Å². The minimum Gasteiger partial charge on any atom is -0.263 e. The number of nitrogens with one attached hydrogen (secondary N) is 1. The van der Waals surface area contributed by atoms with E-state index in [4.69, 9.17) is 4.98 Å². The Morgan fingerprint density at radius 3 is 2.56 bits per heavy atom. The normalized spacial score (nSPS) is 32.5. The van der Waals surface area contributed by atoms with Gasteiger partial charge in [0.1, 0.15) is 5.82 Å². The summed E-state index contributed by atoms with van der Waals surface area (Å²) in [6.45, 7) is 4.32. The fraction of sp³-hybridized carbons (Fsp3) is 0.867. The predicted molar refractivity (Wildman–Crippen MR) is 72.5 cm³/mol. The fourth-order valence-electron chi connectivity index (χ4n) is 3.85. The minimum absolute atomic E-state index is 0.431. The average molecular weight is 247 g/mol. The second kappa shape index (κ2) is 5.02. The molecule has 2 aliphatic rings. The summed E-state index contributed by atoms with van der Waals surface area (Å²) in [5.74, 6) is 5.19. The first-order valence-electron chi connectivity index (χ1n) is 7.66. The van der Waals surface area contributed by atoms with Crippen molar-refractivity contribution in [2.45, 2.75) is 70.6 Å². The topological polar surface area (TPSA) is 41.6 Å². The highest BCUT2D eigenvalue weighted by Crippen LogP contribution is 2.45. The van der Waals surface area contributed by atoms with Gasteiger partial charge in [0.05, 0.1) is 0 Å². The van der Waals surface area contributed by atoms with Gasteiger partial charge < -0.3 is 0 Å². The van der Waals surface area contributed by atoms with Crippen molar-refractivity contribution in [3.8, 4) is 0 Å². The molecular formula is C15H25N3. The molecule has 3 rings (SSSR count). The van der Waals surface area contributed by atoms with Crippen LogP contribution in [0.3, 0.4) is 0 Å². The van der Waals surface area contributed by atoms with E-state index in [0.29, 0.717) is 11.8 Å². The van der Waals surface area contributed by atoms with Gasteiger partial charge in [0.15, 0.2) is 5.82 Å². The highest BCUT2D eigenvalue weighted by molar-refractivity contribution is 5.03. The lowest BCUT2D eigenvalue weighted by Gasteiger charge is -2.38. The zero-order chi connectivity index (χ0) is 12.5.